The van der Waals surface area contributed by atoms with Crippen LogP contribution < -0.4 is 4.74 Å². The molecule has 0 aliphatic rings. The van der Waals surface area contributed by atoms with E-state index in [9.17, 15) is 13.6 Å². The zero-order valence-corrected chi connectivity index (χ0v) is 9.92. The monoisotopic (exact) mass is 265 g/mol. The molecule has 94 valence electrons. The number of hydrogen-bond acceptors (Lipinski definition) is 4. The summed E-state index contributed by atoms with van der Waals surface area (Å²) >= 11 is 5.65. The van der Waals surface area contributed by atoms with Crippen LogP contribution >= 0.6 is 11.6 Å². The van der Waals surface area contributed by atoms with Gasteiger partial charge in [0.25, 0.3) is 6.43 Å². The summed E-state index contributed by atoms with van der Waals surface area (Å²) < 4.78 is 34.8. The van der Waals surface area contributed by atoms with Crippen molar-refractivity contribution in [3.63, 3.8) is 0 Å². The molecule has 0 fully saturated rings. The van der Waals surface area contributed by atoms with E-state index < -0.39 is 18.0 Å². The molecular weight excluding hydrogens is 256 g/mol. The van der Waals surface area contributed by atoms with Crippen molar-refractivity contribution >= 4 is 17.6 Å². The number of halogens is 3. The van der Waals surface area contributed by atoms with Crippen molar-refractivity contribution in [2.24, 2.45) is 0 Å². The lowest BCUT2D eigenvalue weighted by atomic mass is 10.2. The number of hydrogen-bond donors (Lipinski definition) is 0. The molecule has 0 radical (unpaired) electrons. The van der Waals surface area contributed by atoms with Crippen LogP contribution in [0.3, 0.4) is 0 Å². The number of alkyl halides is 2. The molecule has 4 nitrogen and oxygen atoms in total. The van der Waals surface area contributed by atoms with E-state index in [1.165, 1.54) is 7.11 Å². The van der Waals surface area contributed by atoms with E-state index >= 15 is 0 Å². The zero-order valence-electron chi connectivity index (χ0n) is 9.17. The van der Waals surface area contributed by atoms with Crippen LogP contribution in [0.1, 0.15) is 29.4 Å². The highest BCUT2D eigenvalue weighted by molar-refractivity contribution is 6.31. The van der Waals surface area contributed by atoms with Crippen LogP contribution in [-0.2, 0) is 4.74 Å². The van der Waals surface area contributed by atoms with Crippen molar-refractivity contribution in [3.8, 4) is 5.75 Å². The number of methoxy groups -OCH3 is 1. The first-order valence-electron chi connectivity index (χ1n) is 4.71. The third-order valence-electron chi connectivity index (χ3n) is 1.88. The molecule has 0 aliphatic heterocycles. The Morgan fingerprint density at radius 1 is 1.59 bits per heavy atom. The van der Waals surface area contributed by atoms with Gasteiger partial charge in [0.15, 0.2) is 16.6 Å². The highest BCUT2D eigenvalue weighted by Crippen LogP contribution is 2.34. The molecule has 1 heterocycles. The van der Waals surface area contributed by atoms with Gasteiger partial charge in [-0.05, 0) is 13.0 Å². The third kappa shape index (κ3) is 3.03. The maximum Gasteiger partial charge on any atom is 0.356 e. The molecule has 0 aromatic carbocycles. The minimum atomic E-state index is -2.82. The molecule has 0 unspecified atom stereocenters. The molecule has 0 spiro atoms. The summed E-state index contributed by atoms with van der Waals surface area (Å²) in [7, 11) is 1.19. The first-order chi connectivity index (χ1) is 8.01. The maximum absolute atomic E-state index is 12.7. The van der Waals surface area contributed by atoms with E-state index in [4.69, 9.17) is 16.3 Å². The highest BCUT2D eigenvalue weighted by atomic mass is 35.5. The Labute approximate surface area is 101 Å². The standard InChI is InChI=1S/C10H10ClF2NO3/c1-3-17-10(15)6-4-5(9(12)13)7(16-2)8(11)14-6/h4,9H,3H2,1-2H3. The molecule has 1 aromatic heterocycles. The first-order valence-corrected chi connectivity index (χ1v) is 5.08. The number of ether oxygens (including phenoxy) is 2. The van der Waals surface area contributed by atoms with Crippen LogP contribution in [-0.4, -0.2) is 24.7 Å². The number of esters is 1. The zero-order chi connectivity index (χ0) is 13.0. The van der Waals surface area contributed by atoms with Gasteiger partial charge in [-0.15, -0.1) is 0 Å². The topological polar surface area (TPSA) is 48.4 Å². The van der Waals surface area contributed by atoms with Crippen molar-refractivity contribution < 1.29 is 23.0 Å². The lowest BCUT2D eigenvalue weighted by molar-refractivity contribution is 0.0518. The molecule has 0 atom stereocenters. The molecule has 0 aliphatic carbocycles. The normalized spacial score (nSPS) is 10.5. The molecule has 7 heteroatoms. The summed E-state index contributed by atoms with van der Waals surface area (Å²) in [5, 5.41) is -0.298. The number of carbonyl (C=O) groups excluding carboxylic acids is 1. The van der Waals surface area contributed by atoms with E-state index in [0.29, 0.717) is 0 Å². The third-order valence-corrected chi connectivity index (χ3v) is 2.14. The van der Waals surface area contributed by atoms with Gasteiger partial charge in [0.2, 0.25) is 0 Å². The Bertz CT molecular complexity index is 426. The summed E-state index contributed by atoms with van der Waals surface area (Å²) in [5.74, 6) is -1.05. The van der Waals surface area contributed by atoms with Gasteiger partial charge in [-0.3, -0.25) is 0 Å². The average Bonchev–Trinajstić information content (AvgIpc) is 2.28. The number of rotatable bonds is 4. The van der Waals surface area contributed by atoms with Crippen LogP contribution in [0, 0.1) is 0 Å². The summed E-state index contributed by atoms with van der Waals surface area (Å²) in [6.07, 6.45) is -2.82. The molecule has 1 rings (SSSR count). The van der Waals surface area contributed by atoms with Crippen molar-refractivity contribution in [1.29, 1.82) is 0 Å². The Morgan fingerprint density at radius 2 is 2.24 bits per heavy atom. The second-order valence-corrected chi connectivity index (χ2v) is 3.30. The maximum atomic E-state index is 12.7. The van der Waals surface area contributed by atoms with E-state index in [2.05, 4.69) is 9.72 Å². The number of carbonyl (C=O) groups is 1. The summed E-state index contributed by atoms with van der Waals surface area (Å²) in [5.41, 5.74) is -0.761. The van der Waals surface area contributed by atoms with Crippen LogP contribution in [0.15, 0.2) is 6.07 Å². The minimum absolute atomic E-state index is 0.119. The van der Waals surface area contributed by atoms with Crippen LogP contribution in [0.2, 0.25) is 5.15 Å². The number of pyridine rings is 1. The molecule has 0 saturated heterocycles. The van der Waals surface area contributed by atoms with Crippen molar-refractivity contribution in [2.45, 2.75) is 13.3 Å². The molecule has 0 N–H and O–H groups in total. The fourth-order valence-corrected chi connectivity index (χ4v) is 1.47. The van der Waals surface area contributed by atoms with Crippen LogP contribution in [0.25, 0.3) is 0 Å². The Morgan fingerprint density at radius 3 is 2.71 bits per heavy atom. The predicted molar refractivity (Wildman–Crippen MR) is 56.7 cm³/mol. The molecule has 0 bridgehead atoms. The number of nitrogens with zero attached hydrogens (tertiary/aromatic N) is 1. The van der Waals surface area contributed by atoms with E-state index in [1.807, 2.05) is 0 Å². The van der Waals surface area contributed by atoms with E-state index in [1.54, 1.807) is 6.92 Å². The average molecular weight is 266 g/mol. The lowest BCUT2D eigenvalue weighted by Gasteiger charge is -2.10. The smallest absolute Gasteiger partial charge is 0.356 e. The Hall–Kier alpha value is -1.43. The SMILES string of the molecule is CCOC(=O)c1cc(C(F)F)c(OC)c(Cl)n1. The molecule has 17 heavy (non-hydrogen) atoms. The van der Waals surface area contributed by atoms with Gasteiger partial charge >= 0.3 is 5.97 Å². The van der Waals surface area contributed by atoms with Gasteiger partial charge in [-0.1, -0.05) is 11.6 Å². The van der Waals surface area contributed by atoms with Crippen molar-refractivity contribution in [1.82, 2.24) is 4.98 Å². The Kier molecular flexibility index (Phi) is 4.62. The Balaban J connectivity index is 3.24. The lowest BCUT2D eigenvalue weighted by Crippen LogP contribution is -2.09. The largest absolute Gasteiger partial charge is 0.493 e. The first kappa shape index (κ1) is 13.6. The summed E-state index contributed by atoms with van der Waals surface area (Å²) in [6.45, 7) is 1.71. The van der Waals surface area contributed by atoms with Crippen LogP contribution in [0.4, 0.5) is 8.78 Å². The fourth-order valence-electron chi connectivity index (χ4n) is 1.19. The highest BCUT2D eigenvalue weighted by Gasteiger charge is 2.22. The quantitative estimate of drug-likeness (QED) is 0.620. The van der Waals surface area contributed by atoms with Gasteiger partial charge in [0, 0.05) is 0 Å². The van der Waals surface area contributed by atoms with Crippen LogP contribution in [0.5, 0.6) is 5.75 Å². The van der Waals surface area contributed by atoms with Gasteiger partial charge < -0.3 is 9.47 Å². The van der Waals surface area contributed by atoms with Crippen molar-refractivity contribution in [3.05, 3.63) is 22.5 Å². The molecule has 1 aromatic rings. The van der Waals surface area contributed by atoms with Crippen molar-refractivity contribution in [2.75, 3.05) is 13.7 Å². The van der Waals surface area contributed by atoms with E-state index in [0.717, 1.165) is 6.07 Å². The second-order valence-electron chi connectivity index (χ2n) is 2.94. The summed E-state index contributed by atoms with van der Waals surface area (Å²) in [6, 6.07) is 0.910. The molecule has 0 saturated carbocycles. The van der Waals surface area contributed by atoms with E-state index in [-0.39, 0.29) is 23.2 Å². The van der Waals surface area contributed by atoms with Gasteiger partial charge in [-0.2, -0.15) is 0 Å². The fraction of sp³-hybridized carbons (Fsp3) is 0.400. The minimum Gasteiger partial charge on any atom is -0.493 e. The number of aromatic nitrogens is 1. The second kappa shape index (κ2) is 5.77. The summed E-state index contributed by atoms with van der Waals surface area (Å²) in [4.78, 5) is 15.0. The van der Waals surface area contributed by atoms with Gasteiger partial charge in [0.05, 0.1) is 19.3 Å². The molecular formula is C10H10ClF2NO3. The van der Waals surface area contributed by atoms with Gasteiger partial charge in [-0.25, -0.2) is 18.6 Å². The molecule has 0 amide bonds. The predicted octanol–water partition coefficient (Wildman–Crippen LogP) is 2.86. The van der Waals surface area contributed by atoms with Gasteiger partial charge in [0.1, 0.15) is 0 Å².